The number of fused-ring (bicyclic) bond motifs is 3. The van der Waals surface area contributed by atoms with Crippen LogP contribution in [0, 0.1) is 11.8 Å². The van der Waals surface area contributed by atoms with E-state index in [0.29, 0.717) is 46.1 Å². The Labute approximate surface area is 235 Å². The van der Waals surface area contributed by atoms with Crippen molar-refractivity contribution in [3.05, 3.63) is 34.9 Å². The van der Waals surface area contributed by atoms with Gasteiger partial charge in [-0.3, -0.25) is 4.79 Å². The van der Waals surface area contributed by atoms with Crippen molar-refractivity contribution >= 4 is 5.97 Å². The number of esters is 1. The van der Waals surface area contributed by atoms with E-state index in [1.165, 1.54) is 21.3 Å². The Morgan fingerprint density at radius 1 is 0.902 bits per heavy atom. The Hall–Kier alpha value is -3.49. The smallest absolute Gasteiger partial charge is 0.310 e. The van der Waals surface area contributed by atoms with Crippen LogP contribution in [0.2, 0.25) is 0 Å². The monoisotopic (exact) mass is 576 g/mol. The van der Waals surface area contributed by atoms with Gasteiger partial charge in [-0.15, -0.1) is 0 Å². The first kappa shape index (κ1) is 27.7. The normalized spacial score (nSPS) is 31.6. The van der Waals surface area contributed by atoms with Crippen molar-refractivity contribution in [3.63, 3.8) is 0 Å². The molecule has 0 amide bonds. The minimum atomic E-state index is -1.64. The summed E-state index contributed by atoms with van der Waals surface area (Å²) in [5.74, 6) is 0.409. The summed E-state index contributed by atoms with van der Waals surface area (Å²) in [7, 11) is 4.52. The number of rotatable bonds is 7. The summed E-state index contributed by atoms with van der Waals surface area (Å²) in [5.41, 5.74) is 2.07. The first-order valence-corrected chi connectivity index (χ1v) is 13.2. The highest BCUT2D eigenvalue weighted by atomic mass is 16.7. The maximum absolute atomic E-state index is 13.1. The lowest BCUT2D eigenvalue weighted by molar-refractivity contribution is -0.277. The molecule has 3 aliphatic heterocycles. The molecule has 0 unspecified atom stereocenters. The van der Waals surface area contributed by atoms with E-state index in [-0.39, 0.29) is 36.8 Å². The van der Waals surface area contributed by atoms with E-state index in [2.05, 4.69) is 0 Å². The lowest BCUT2D eigenvalue weighted by atomic mass is 9.67. The fourth-order valence-corrected chi connectivity index (χ4v) is 6.26. The number of carbonyl (C=O) groups excluding carboxylic acids is 1. The van der Waals surface area contributed by atoms with Gasteiger partial charge in [0.2, 0.25) is 24.6 Å². The quantitative estimate of drug-likeness (QED) is 0.327. The molecule has 2 saturated heterocycles. The molecule has 1 aliphatic carbocycles. The van der Waals surface area contributed by atoms with E-state index < -0.39 is 49.1 Å². The summed E-state index contributed by atoms with van der Waals surface area (Å²) >= 11 is 0. The van der Waals surface area contributed by atoms with Crippen molar-refractivity contribution in [1.29, 1.82) is 0 Å². The van der Waals surface area contributed by atoms with Crippen LogP contribution in [0.15, 0.2) is 18.2 Å². The van der Waals surface area contributed by atoms with Crippen LogP contribution >= 0.6 is 0 Å². The van der Waals surface area contributed by atoms with Crippen molar-refractivity contribution in [3.8, 4) is 34.5 Å². The van der Waals surface area contributed by atoms with Crippen LogP contribution in [0.1, 0.15) is 22.6 Å². The molecule has 2 fully saturated rings. The Bertz CT molecular complexity index is 1300. The summed E-state index contributed by atoms with van der Waals surface area (Å²) in [6.07, 6.45) is -7.06. The zero-order chi connectivity index (χ0) is 29.0. The van der Waals surface area contributed by atoms with Crippen LogP contribution in [-0.4, -0.2) is 98.4 Å². The van der Waals surface area contributed by atoms with Crippen molar-refractivity contribution < 1.29 is 63.1 Å². The number of cyclic esters (lactones) is 1. The van der Waals surface area contributed by atoms with Crippen molar-refractivity contribution in [2.24, 2.45) is 11.8 Å². The van der Waals surface area contributed by atoms with E-state index in [1.807, 2.05) is 0 Å². The minimum absolute atomic E-state index is 0.0903. The van der Waals surface area contributed by atoms with Gasteiger partial charge in [0.15, 0.2) is 23.0 Å². The van der Waals surface area contributed by atoms with Gasteiger partial charge >= 0.3 is 5.97 Å². The van der Waals surface area contributed by atoms with E-state index in [4.69, 9.17) is 37.9 Å². The summed E-state index contributed by atoms with van der Waals surface area (Å²) in [6, 6.07) is 5.37. The average Bonchev–Trinajstić information content (AvgIpc) is 3.61. The molecule has 4 aliphatic rings. The molecule has 2 aromatic rings. The van der Waals surface area contributed by atoms with Crippen molar-refractivity contribution in [2.75, 3.05) is 41.3 Å². The minimum Gasteiger partial charge on any atom is -0.493 e. The van der Waals surface area contributed by atoms with Gasteiger partial charge in [0.1, 0.15) is 24.4 Å². The number of methoxy groups -OCH3 is 3. The molecule has 41 heavy (non-hydrogen) atoms. The Morgan fingerprint density at radius 3 is 2.29 bits per heavy atom. The molecule has 222 valence electrons. The molecular formula is C28H32O13. The standard InChI is InChI=1S/C28H32O13/c1-34-15-5-11(6-16(35-2)25(15)36-3)19-13-7-17-26(39-10-38-17)24(14(13)4-12-9-37-27(33)20(12)19)41-28-23(32)22(31)21(30)18(8-29)40-28/h5-7,12,18-23,28-32H,4,8-10H2,1-3H3/t12-,18-,19+,20+,21-,22+,23-,28-/m1/s1. The number of aliphatic hydroxyl groups is 4. The zero-order valence-electron chi connectivity index (χ0n) is 22.6. The molecule has 6 rings (SSSR count). The van der Waals surface area contributed by atoms with Gasteiger partial charge in [-0.05, 0) is 35.7 Å². The highest BCUT2D eigenvalue weighted by Crippen LogP contribution is 2.56. The van der Waals surface area contributed by atoms with Gasteiger partial charge in [0.05, 0.1) is 40.5 Å². The van der Waals surface area contributed by atoms with E-state index in [9.17, 15) is 25.2 Å². The maximum atomic E-state index is 13.1. The average molecular weight is 577 g/mol. The summed E-state index contributed by atoms with van der Waals surface area (Å²) in [5, 5.41) is 40.9. The topological polar surface area (TPSA) is 172 Å². The van der Waals surface area contributed by atoms with Gasteiger partial charge in [-0.2, -0.15) is 0 Å². The molecule has 0 bridgehead atoms. The fourth-order valence-electron chi connectivity index (χ4n) is 6.26. The molecule has 13 heteroatoms. The first-order chi connectivity index (χ1) is 19.8. The predicted octanol–water partition coefficient (Wildman–Crippen LogP) is 0.0970. The van der Waals surface area contributed by atoms with Gasteiger partial charge in [-0.1, -0.05) is 0 Å². The molecule has 0 radical (unpaired) electrons. The third-order valence-electron chi connectivity index (χ3n) is 8.27. The van der Waals surface area contributed by atoms with Crippen LogP contribution < -0.4 is 28.4 Å². The number of hydrogen-bond acceptors (Lipinski definition) is 13. The highest BCUT2D eigenvalue weighted by molar-refractivity contribution is 5.79. The summed E-state index contributed by atoms with van der Waals surface area (Å²) in [4.78, 5) is 13.1. The van der Waals surface area contributed by atoms with Gasteiger partial charge in [-0.25, -0.2) is 0 Å². The molecule has 0 spiro atoms. The van der Waals surface area contributed by atoms with Crippen molar-refractivity contribution in [2.45, 2.75) is 43.0 Å². The molecule has 0 saturated carbocycles. The summed E-state index contributed by atoms with van der Waals surface area (Å²) in [6.45, 7) is -0.507. The van der Waals surface area contributed by atoms with E-state index >= 15 is 0 Å². The second-order valence-corrected chi connectivity index (χ2v) is 10.4. The second-order valence-electron chi connectivity index (χ2n) is 10.4. The summed E-state index contributed by atoms with van der Waals surface area (Å²) < 4.78 is 45.5. The van der Waals surface area contributed by atoms with Crippen LogP contribution in [0.3, 0.4) is 0 Å². The Morgan fingerprint density at radius 2 is 1.63 bits per heavy atom. The van der Waals surface area contributed by atoms with Crippen molar-refractivity contribution in [1.82, 2.24) is 0 Å². The fraction of sp³-hybridized carbons (Fsp3) is 0.536. The SMILES string of the molecule is COc1cc([C@H]2c3cc4c(c(O[C@H]5O[C@H](CO)[C@@H](O)[C@H](O)[C@H]5O)c3C[C@@H]3COC(=O)[C@@H]32)OCO4)cc(OC)c1OC. The maximum Gasteiger partial charge on any atom is 0.310 e. The number of hydrogen-bond donors (Lipinski definition) is 4. The molecule has 3 heterocycles. The molecule has 8 atom stereocenters. The molecular weight excluding hydrogens is 544 g/mol. The largest absolute Gasteiger partial charge is 0.493 e. The molecule has 13 nitrogen and oxygen atoms in total. The number of aliphatic hydroxyl groups excluding tert-OH is 4. The Kier molecular flexibility index (Phi) is 7.24. The lowest BCUT2D eigenvalue weighted by Crippen LogP contribution is -2.60. The third kappa shape index (κ3) is 4.39. The van der Waals surface area contributed by atoms with Gasteiger partial charge in [0, 0.05) is 17.4 Å². The molecule has 0 aromatic heterocycles. The third-order valence-corrected chi connectivity index (χ3v) is 8.27. The molecule has 2 aromatic carbocycles. The lowest BCUT2D eigenvalue weighted by Gasteiger charge is -2.40. The highest BCUT2D eigenvalue weighted by Gasteiger charge is 2.51. The predicted molar refractivity (Wildman–Crippen MR) is 137 cm³/mol. The number of benzene rings is 2. The van der Waals surface area contributed by atoms with Crippen LogP contribution in [-0.2, 0) is 20.7 Å². The van der Waals surface area contributed by atoms with Crippen LogP contribution in [0.5, 0.6) is 34.5 Å². The second kappa shape index (κ2) is 10.7. The number of carbonyl (C=O) groups is 1. The first-order valence-electron chi connectivity index (χ1n) is 13.2. The molecule has 4 N–H and O–H groups in total. The van der Waals surface area contributed by atoms with Gasteiger partial charge < -0.3 is 58.3 Å². The zero-order valence-corrected chi connectivity index (χ0v) is 22.6. The van der Waals surface area contributed by atoms with E-state index in [1.54, 1.807) is 18.2 Å². The number of ether oxygens (including phenoxy) is 8. The van der Waals surface area contributed by atoms with Crippen LogP contribution in [0.4, 0.5) is 0 Å². The van der Waals surface area contributed by atoms with Crippen LogP contribution in [0.25, 0.3) is 0 Å². The Balaban J connectivity index is 1.51. The van der Waals surface area contributed by atoms with E-state index in [0.717, 1.165) is 0 Å². The van der Waals surface area contributed by atoms with Gasteiger partial charge in [0.25, 0.3) is 0 Å².